The molecule has 0 bridgehead atoms. The van der Waals surface area contributed by atoms with E-state index >= 15 is 0 Å². The van der Waals surface area contributed by atoms with Crippen molar-refractivity contribution in [2.45, 2.75) is 12.3 Å². The van der Waals surface area contributed by atoms with E-state index in [1.165, 1.54) is 12.1 Å². The highest BCUT2D eigenvalue weighted by molar-refractivity contribution is 6.12. The first-order valence-electron chi connectivity index (χ1n) is 10.6. The zero-order valence-corrected chi connectivity index (χ0v) is 17.2. The molecule has 4 heteroatoms. The minimum Gasteiger partial charge on any atom is -0.294 e. The molecule has 0 saturated carbocycles. The molecular weight excluding hydrogens is 399 g/mol. The van der Waals surface area contributed by atoms with Crippen molar-refractivity contribution in [3.63, 3.8) is 0 Å². The molecule has 0 unspecified atom stereocenters. The molecule has 1 heterocycles. The molecule has 0 N–H and O–H groups in total. The second-order valence-corrected chi connectivity index (χ2v) is 8.15. The van der Waals surface area contributed by atoms with E-state index in [2.05, 4.69) is 6.07 Å². The predicted octanol–water partition coefficient (Wildman–Crippen LogP) is 6.55. The van der Waals surface area contributed by atoms with Gasteiger partial charge in [-0.05, 0) is 52.7 Å². The van der Waals surface area contributed by atoms with Crippen LogP contribution in [0.2, 0.25) is 0 Å². The van der Waals surface area contributed by atoms with Crippen LogP contribution in [0.1, 0.15) is 33.8 Å². The van der Waals surface area contributed by atoms with Gasteiger partial charge in [0.2, 0.25) is 0 Å². The SMILES string of the molecule is O=C1C[C@H](c2cn(-c3ccccc3)nc2-c2ccc(F)cc2)c2cccc3cccc1c23. The number of halogens is 1. The van der Waals surface area contributed by atoms with Crippen LogP contribution >= 0.6 is 0 Å². The quantitative estimate of drug-likeness (QED) is 0.333. The van der Waals surface area contributed by atoms with Crippen LogP contribution < -0.4 is 0 Å². The molecule has 0 saturated heterocycles. The molecular formula is C28H19FN2O. The van der Waals surface area contributed by atoms with E-state index in [-0.39, 0.29) is 17.5 Å². The Morgan fingerprint density at radius 2 is 1.56 bits per heavy atom. The lowest BCUT2D eigenvalue weighted by molar-refractivity contribution is 0.0976. The second kappa shape index (κ2) is 7.27. The van der Waals surface area contributed by atoms with Crippen molar-refractivity contribution >= 4 is 16.6 Å². The Kier molecular flexibility index (Phi) is 4.25. The fourth-order valence-corrected chi connectivity index (χ4v) is 4.76. The summed E-state index contributed by atoms with van der Waals surface area (Å²) in [6, 6.07) is 28.4. The Bertz CT molecular complexity index is 1460. The van der Waals surface area contributed by atoms with E-state index in [4.69, 9.17) is 5.10 Å². The Morgan fingerprint density at radius 1 is 0.812 bits per heavy atom. The van der Waals surface area contributed by atoms with Crippen molar-refractivity contribution in [3.8, 4) is 16.9 Å². The molecule has 5 aromatic rings. The van der Waals surface area contributed by atoms with Crippen LogP contribution in [0.5, 0.6) is 0 Å². The third kappa shape index (κ3) is 2.95. The van der Waals surface area contributed by atoms with Crippen molar-refractivity contribution in [2.24, 2.45) is 0 Å². The van der Waals surface area contributed by atoms with E-state index in [0.717, 1.165) is 44.4 Å². The molecule has 1 atom stereocenters. The lowest BCUT2D eigenvalue weighted by atomic mass is 9.77. The van der Waals surface area contributed by atoms with Gasteiger partial charge in [0, 0.05) is 35.2 Å². The maximum absolute atomic E-state index is 13.6. The predicted molar refractivity (Wildman–Crippen MR) is 124 cm³/mol. The average Bonchev–Trinajstić information content (AvgIpc) is 3.28. The van der Waals surface area contributed by atoms with Crippen molar-refractivity contribution in [1.82, 2.24) is 9.78 Å². The normalized spacial score (nSPS) is 15.3. The molecule has 1 aliphatic carbocycles. The van der Waals surface area contributed by atoms with Gasteiger partial charge in [0.1, 0.15) is 5.82 Å². The van der Waals surface area contributed by atoms with Crippen LogP contribution in [-0.4, -0.2) is 15.6 Å². The summed E-state index contributed by atoms with van der Waals surface area (Å²) in [5.41, 5.74) is 5.41. The van der Waals surface area contributed by atoms with E-state index in [1.807, 2.05) is 71.5 Å². The number of carbonyl (C=O) groups excluding carboxylic acids is 1. The minimum atomic E-state index is -0.288. The minimum absolute atomic E-state index is 0.126. The molecule has 1 aliphatic rings. The monoisotopic (exact) mass is 418 g/mol. The first-order chi connectivity index (χ1) is 15.7. The fourth-order valence-electron chi connectivity index (χ4n) is 4.76. The van der Waals surface area contributed by atoms with Crippen LogP contribution in [0.4, 0.5) is 4.39 Å². The van der Waals surface area contributed by atoms with Crippen LogP contribution in [-0.2, 0) is 0 Å². The zero-order valence-electron chi connectivity index (χ0n) is 17.2. The second-order valence-electron chi connectivity index (χ2n) is 8.15. The van der Waals surface area contributed by atoms with E-state index in [9.17, 15) is 9.18 Å². The number of nitrogens with zero attached hydrogens (tertiary/aromatic N) is 2. The van der Waals surface area contributed by atoms with Crippen molar-refractivity contribution in [1.29, 1.82) is 0 Å². The maximum atomic E-state index is 13.6. The Labute approximate surface area is 184 Å². The zero-order chi connectivity index (χ0) is 21.7. The van der Waals surface area contributed by atoms with E-state index in [1.54, 1.807) is 12.1 Å². The standard InChI is InChI=1S/C28H19FN2O/c29-20-14-12-19(13-15-20)28-25(17-31(30-28)21-8-2-1-3-9-21)24-16-26(32)23-11-5-7-18-6-4-10-22(24)27(18)23/h1-15,17,24H,16H2/t24-/m0/s1. The van der Waals surface area contributed by atoms with E-state index < -0.39 is 0 Å². The molecule has 4 aromatic carbocycles. The summed E-state index contributed by atoms with van der Waals surface area (Å²) in [7, 11) is 0. The summed E-state index contributed by atoms with van der Waals surface area (Å²) >= 11 is 0. The molecule has 154 valence electrons. The molecule has 0 aliphatic heterocycles. The fraction of sp³-hybridized carbons (Fsp3) is 0.0714. The van der Waals surface area contributed by atoms with Crippen LogP contribution in [0.15, 0.2) is 97.2 Å². The lowest BCUT2D eigenvalue weighted by Gasteiger charge is -2.25. The Balaban J connectivity index is 1.60. The largest absolute Gasteiger partial charge is 0.294 e. The highest BCUT2D eigenvalue weighted by Crippen LogP contribution is 2.43. The molecule has 6 rings (SSSR count). The third-order valence-corrected chi connectivity index (χ3v) is 6.26. The number of aromatic nitrogens is 2. The lowest BCUT2D eigenvalue weighted by Crippen LogP contribution is -2.16. The van der Waals surface area contributed by atoms with Gasteiger partial charge in [-0.3, -0.25) is 4.79 Å². The number of Topliss-reactive ketones (excluding diaryl/α,β-unsaturated/α-hetero) is 1. The summed E-state index contributed by atoms with van der Waals surface area (Å²) in [5.74, 6) is -0.278. The average molecular weight is 418 g/mol. The van der Waals surface area contributed by atoms with Gasteiger partial charge in [0.25, 0.3) is 0 Å². The van der Waals surface area contributed by atoms with Gasteiger partial charge in [-0.25, -0.2) is 9.07 Å². The van der Waals surface area contributed by atoms with Crippen molar-refractivity contribution < 1.29 is 9.18 Å². The molecule has 0 spiro atoms. The number of hydrogen-bond donors (Lipinski definition) is 0. The third-order valence-electron chi connectivity index (χ3n) is 6.26. The summed E-state index contributed by atoms with van der Waals surface area (Å²) < 4.78 is 15.5. The molecule has 32 heavy (non-hydrogen) atoms. The number of rotatable bonds is 3. The number of ketones is 1. The van der Waals surface area contributed by atoms with Crippen molar-refractivity contribution in [2.75, 3.05) is 0 Å². The van der Waals surface area contributed by atoms with Crippen LogP contribution in [0, 0.1) is 5.82 Å². The summed E-state index contributed by atoms with van der Waals surface area (Å²) in [6.07, 6.45) is 2.39. The van der Waals surface area contributed by atoms with Crippen molar-refractivity contribution in [3.05, 3.63) is 120 Å². The summed E-state index contributed by atoms with van der Waals surface area (Å²) in [4.78, 5) is 13.1. The van der Waals surface area contributed by atoms with Gasteiger partial charge in [-0.1, -0.05) is 54.6 Å². The first kappa shape index (κ1) is 18.7. The Morgan fingerprint density at radius 3 is 2.34 bits per heavy atom. The van der Waals surface area contributed by atoms with Gasteiger partial charge in [0.05, 0.1) is 11.4 Å². The topological polar surface area (TPSA) is 34.9 Å². The molecule has 0 radical (unpaired) electrons. The number of hydrogen-bond acceptors (Lipinski definition) is 2. The smallest absolute Gasteiger partial charge is 0.164 e. The highest BCUT2D eigenvalue weighted by Gasteiger charge is 2.31. The summed E-state index contributed by atoms with van der Waals surface area (Å²) in [5, 5.41) is 6.97. The summed E-state index contributed by atoms with van der Waals surface area (Å²) in [6.45, 7) is 0. The van der Waals surface area contributed by atoms with Crippen LogP contribution in [0.3, 0.4) is 0 Å². The molecule has 0 amide bonds. The number of benzene rings is 4. The van der Waals surface area contributed by atoms with Gasteiger partial charge in [-0.15, -0.1) is 0 Å². The van der Waals surface area contributed by atoms with Gasteiger partial charge in [-0.2, -0.15) is 5.10 Å². The van der Waals surface area contributed by atoms with E-state index in [0.29, 0.717) is 6.42 Å². The first-order valence-corrected chi connectivity index (χ1v) is 10.6. The van der Waals surface area contributed by atoms with Gasteiger partial charge >= 0.3 is 0 Å². The maximum Gasteiger partial charge on any atom is 0.164 e. The number of para-hydroxylation sites is 1. The highest BCUT2D eigenvalue weighted by atomic mass is 19.1. The molecule has 3 nitrogen and oxygen atoms in total. The number of carbonyl (C=O) groups is 1. The van der Waals surface area contributed by atoms with Gasteiger partial charge < -0.3 is 0 Å². The van der Waals surface area contributed by atoms with Gasteiger partial charge in [0.15, 0.2) is 5.78 Å². The molecule has 0 fully saturated rings. The Hall–Kier alpha value is -4.05. The molecule has 1 aromatic heterocycles. The van der Waals surface area contributed by atoms with Crippen LogP contribution in [0.25, 0.3) is 27.7 Å².